The van der Waals surface area contributed by atoms with Gasteiger partial charge in [0.05, 0.1) is 12.8 Å². The van der Waals surface area contributed by atoms with Crippen molar-refractivity contribution in [2.75, 3.05) is 6.54 Å². The van der Waals surface area contributed by atoms with Gasteiger partial charge in [0, 0.05) is 12.0 Å². The monoisotopic (exact) mass is 237 g/mol. The van der Waals surface area contributed by atoms with Crippen molar-refractivity contribution in [1.29, 1.82) is 0 Å². The van der Waals surface area contributed by atoms with E-state index in [2.05, 4.69) is 18.7 Å². The maximum atomic E-state index is 10.8. The van der Waals surface area contributed by atoms with E-state index in [1.807, 2.05) is 12.1 Å². The third kappa shape index (κ3) is 2.52. The molecule has 4 heteroatoms. The van der Waals surface area contributed by atoms with Gasteiger partial charge >= 0.3 is 5.97 Å². The molecule has 1 aromatic rings. The third-order valence-corrected chi connectivity index (χ3v) is 3.91. The molecule has 0 spiro atoms. The molecule has 1 aromatic heterocycles. The number of rotatable bonds is 4. The van der Waals surface area contributed by atoms with Gasteiger partial charge in [0.1, 0.15) is 5.76 Å². The summed E-state index contributed by atoms with van der Waals surface area (Å²) in [5.74, 6) is 0.451. The zero-order chi connectivity index (χ0) is 12.5. The Kier molecular flexibility index (Phi) is 3.24. The van der Waals surface area contributed by atoms with Crippen LogP contribution in [0.1, 0.15) is 32.4 Å². The van der Waals surface area contributed by atoms with Crippen molar-refractivity contribution in [2.24, 2.45) is 5.92 Å². The molecular formula is C13H19NO3. The van der Waals surface area contributed by atoms with E-state index in [1.165, 1.54) is 0 Å². The molecule has 1 saturated heterocycles. The predicted molar refractivity (Wildman–Crippen MR) is 63.6 cm³/mol. The fraction of sp³-hybridized carbons (Fsp3) is 0.615. The van der Waals surface area contributed by atoms with E-state index in [4.69, 9.17) is 9.52 Å². The van der Waals surface area contributed by atoms with E-state index >= 15 is 0 Å². The van der Waals surface area contributed by atoms with Crippen LogP contribution in [-0.2, 0) is 11.3 Å². The molecule has 94 valence electrons. The highest BCUT2D eigenvalue weighted by Crippen LogP contribution is 2.37. The Morgan fingerprint density at radius 2 is 2.41 bits per heavy atom. The molecule has 2 heterocycles. The molecule has 0 aromatic carbocycles. The Morgan fingerprint density at radius 3 is 3.00 bits per heavy atom. The molecule has 0 saturated carbocycles. The largest absolute Gasteiger partial charge is 0.481 e. The summed E-state index contributed by atoms with van der Waals surface area (Å²) in [4.78, 5) is 13.1. The molecule has 1 fully saturated rings. The van der Waals surface area contributed by atoms with Crippen LogP contribution >= 0.6 is 0 Å². The molecule has 4 nitrogen and oxygen atoms in total. The molecule has 1 atom stereocenters. The molecule has 0 aliphatic carbocycles. The number of hydrogen-bond acceptors (Lipinski definition) is 3. The summed E-state index contributed by atoms with van der Waals surface area (Å²) in [5, 5.41) is 8.91. The highest BCUT2D eigenvalue weighted by atomic mass is 16.4. The summed E-state index contributed by atoms with van der Waals surface area (Å²) >= 11 is 0. The Balaban J connectivity index is 2.03. The van der Waals surface area contributed by atoms with Crippen LogP contribution in [-0.4, -0.2) is 28.1 Å². The number of likely N-dealkylation sites (tertiary alicyclic amines) is 1. The topological polar surface area (TPSA) is 53.7 Å². The van der Waals surface area contributed by atoms with Gasteiger partial charge in [-0.05, 0) is 44.9 Å². The Hall–Kier alpha value is -1.29. The second-order valence-electron chi connectivity index (χ2n) is 5.24. The molecular weight excluding hydrogens is 218 g/mol. The SMILES string of the molecule is CC1(C)C(CC(=O)O)CCN1Cc1ccco1. The zero-order valence-electron chi connectivity index (χ0n) is 10.3. The van der Waals surface area contributed by atoms with E-state index in [9.17, 15) is 4.79 Å². The molecule has 17 heavy (non-hydrogen) atoms. The van der Waals surface area contributed by atoms with Crippen molar-refractivity contribution in [1.82, 2.24) is 4.90 Å². The maximum Gasteiger partial charge on any atom is 0.303 e. The first-order valence-electron chi connectivity index (χ1n) is 5.99. The van der Waals surface area contributed by atoms with Crippen molar-refractivity contribution in [2.45, 2.75) is 38.8 Å². The van der Waals surface area contributed by atoms with Crippen LogP contribution in [0.4, 0.5) is 0 Å². The number of carboxylic acids is 1. The fourth-order valence-corrected chi connectivity index (χ4v) is 2.65. The van der Waals surface area contributed by atoms with E-state index in [0.29, 0.717) is 0 Å². The van der Waals surface area contributed by atoms with Crippen LogP contribution in [0.15, 0.2) is 22.8 Å². The molecule has 2 rings (SSSR count). The van der Waals surface area contributed by atoms with Crippen molar-refractivity contribution in [3.63, 3.8) is 0 Å². The van der Waals surface area contributed by atoms with E-state index in [0.717, 1.165) is 25.3 Å². The van der Waals surface area contributed by atoms with Crippen LogP contribution < -0.4 is 0 Å². The first-order chi connectivity index (χ1) is 8.00. The summed E-state index contributed by atoms with van der Waals surface area (Å²) < 4.78 is 5.35. The smallest absolute Gasteiger partial charge is 0.303 e. The maximum absolute atomic E-state index is 10.8. The van der Waals surface area contributed by atoms with Gasteiger partial charge in [-0.25, -0.2) is 0 Å². The standard InChI is InChI=1S/C13H19NO3/c1-13(2)10(8-12(15)16)5-6-14(13)9-11-4-3-7-17-11/h3-4,7,10H,5-6,8-9H2,1-2H3,(H,15,16). The van der Waals surface area contributed by atoms with Gasteiger partial charge in [-0.1, -0.05) is 0 Å². The first-order valence-corrected chi connectivity index (χ1v) is 5.99. The summed E-state index contributed by atoms with van der Waals surface area (Å²) in [5.41, 5.74) is -0.0782. The summed E-state index contributed by atoms with van der Waals surface area (Å²) in [6, 6.07) is 3.84. The Morgan fingerprint density at radius 1 is 1.65 bits per heavy atom. The molecule has 0 bridgehead atoms. The predicted octanol–water partition coefficient (Wildman–Crippen LogP) is 2.35. The van der Waals surface area contributed by atoms with Crippen LogP contribution in [0.2, 0.25) is 0 Å². The molecule has 0 amide bonds. The third-order valence-electron chi connectivity index (χ3n) is 3.91. The van der Waals surface area contributed by atoms with Crippen molar-refractivity contribution >= 4 is 5.97 Å². The number of aliphatic carboxylic acids is 1. The summed E-state index contributed by atoms with van der Waals surface area (Å²) in [7, 11) is 0. The van der Waals surface area contributed by atoms with Gasteiger partial charge in [-0.15, -0.1) is 0 Å². The molecule has 1 N–H and O–H groups in total. The van der Waals surface area contributed by atoms with Gasteiger partial charge in [0.2, 0.25) is 0 Å². The van der Waals surface area contributed by atoms with Crippen molar-refractivity contribution in [3.8, 4) is 0 Å². The van der Waals surface area contributed by atoms with Gasteiger partial charge < -0.3 is 9.52 Å². The lowest BCUT2D eigenvalue weighted by Crippen LogP contribution is -2.42. The summed E-state index contributed by atoms with van der Waals surface area (Å²) in [6.45, 7) is 5.94. The molecule has 1 unspecified atom stereocenters. The van der Waals surface area contributed by atoms with Crippen LogP contribution in [0.5, 0.6) is 0 Å². The second kappa shape index (κ2) is 4.53. The number of carbonyl (C=O) groups is 1. The quantitative estimate of drug-likeness (QED) is 0.873. The van der Waals surface area contributed by atoms with E-state index in [-0.39, 0.29) is 17.9 Å². The highest BCUT2D eigenvalue weighted by Gasteiger charge is 2.42. The van der Waals surface area contributed by atoms with E-state index in [1.54, 1.807) is 6.26 Å². The number of hydrogen-bond donors (Lipinski definition) is 1. The number of carboxylic acid groups (broad SMARTS) is 1. The minimum atomic E-state index is -0.706. The van der Waals surface area contributed by atoms with Gasteiger partial charge in [0.25, 0.3) is 0 Å². The zero-order valence-corrected chi connectivity index (χ0v) is 10.3. The normalized spacial score (nSPS) is 24.0. The average molecular weight is 237 g/mol. The van der Waals surface area contributed by atoms with E-state index < -0.39 is 5.97 Å². The Bertz CT molecular complexity index is 383. The first kappa shape index (κ1) is 12.2. The van der Waals surface area contributed by atoms with Crippen molar-refractivity contribution < 1.29 is 14.3 Å². The minimum Gasteiger partial charge on any atom is -0.481 e. The lowest BCUT2D eigenvalue weighted by molar-refractivity contribution is -0.138. The molecule has 0 radical (unpaired) electrons. The summed E-state index contributed by atoms with van der Waals surface area (Å²) in [6.07, 6.45) is 2.87. The number of nitrogens with zero attached hydrogens (tertiary/aromatic N) is 1. The second-order valence-corrected chi connectivity index (χ2v) is 5.24. The van der Waals surface area contributed by atoms with Crippen molar-refractivity contribution in [3.05, 3.63) is 24.2 Å². The Labute approximate surface area is 101 Å². The van der Waals surface area contributed by atoms with Crippen LogP contribution in [0.3, 0.4) is 0 Å². The number of furan rings is 1. The average Bonchev–Trinajstić information content (AvgIpc) is 2.81. The molecule has 1 aliphatic rings. The lowest BCUT2D eigenvalue weighted by atomic mass is 9.86. The fourth-order valence-electron chi connectivity index (χ4n) is 2.65. The highest BCUT2D eigenvalue weighted by molar-refractivity contribution is 5.67. The van der Waals surface area contributed by atoms with Gasteiger partial charge in [0.15, 0.2) is 0 Å². The molecule has 1 aliphatic heterocycles. The van der Waals surface area contributed by atoms with Crippen LogP contribution in [0, 0.1) is 5.92 Å². The lowest BCUT2D eigenvalue weighted by Gasteiger charge is -2.35. The minimum absolute atomic E-state index is 0.0782. The van der Waals surface area contributed by atoms with Gasteiger partial charge in [-0.2, -0.15) is 0 Å². The van der Waals surface area contributed by atoms with Crippen LogP contribution in [0.25, 0.3) is 0 Å². The van der Waals surface area contributed by atoms with Gasteiger partial charge in [-0.3, -0.25) is 9.69 Å².